The van der Waals surface area contributed by atoms with E-state index in [0.717, 1.165) is 19.4 Å². The van der Waals surface area contributed by atoms with E-state index in [4.69, 9.17) is 4.74 Å². The minimum atomic E-state index is -0.144. The van der Waals surface area contributed by atoms with Gasteiger partial charge in [-0.1, -0.05) is 6.92 Å². The van der Waals surface area contributed by atoms with Crippen molar-refractivity contribution in [2.75, 3.05) is 13.7 Å². The Labute approximate surface area is 104 Å². The molecule has 4 heteroatoms. The lowest BCUT2D eigenvalue weighted by Crippen LogP contribution is -2.48. The maximum Gasteiger partial charge on any atom is 0.0775 e. The fraction of sp³-hybridized carbons (Fsp3) is 0.769. The number of nitrogens with one attached hydrogen (secondary N) is 1. The van der Waals surface area contributed by atoms with E-state index in [0.29, 0.717) is 6.04 Å². The van der Waals surface area contributed by atoms with Crippen molar-refractivity contribution in [3.05, 3.63) is 18.0 Å². The molecule has 98 valence electrons. The van der Waals surface area contributed by atoms with Gasteiger partial charge in [0, 0.05) is 32.1 Å². The SMILES string of the molecule is CCNC(CCc1ccnn1C)C(C)(C)OC. The molecule has 0 bridgehead atoms. The molecule has 0 aromatic carbocycles. The van der Waals surface area contributed by atoms with Gasteiger partial charge >= 0.3 is 0 Å². The van der Waals surface area contributed by atoms with Crippen molar-refractivity contribution in [2.24, 2.45) is 7.05 Å². The molecule has 1 rings (SSSR count). The molecule has 0 radical (unpaired) electrons. The van der Waals surface area contributed by atoms with Crippen LogP contribution in [-0.4, -0.2) is 35.1 Å². The highest BCUT2D eigenvalue weighted by Crippen LogP contribution is 2.18. The third kappa shape index (κ3) is 3.82. The van der Waals surface area contributed by atoms with Crippen LogP contribution in [0.25, 0.3) is 0 Å². The molecule has 1 aromatic rings. The number of hydrogen-bond donors (Lipinski definition) is 1. The van der Waals surface area contributed by atoms with Gasteiger partial charge in [-0.2, -0.15) is 5.10 Å². The van der Waals surface area contributed by atoms with Crippen LogP contribution in [0, 0.1) is 0 Å². The lowest BCUT2D eigenvalue weighted by Gasteiger charge is -2.33. The summed E-state index contributed by atoms with van der Waals surface area (Å²) in [5.74, 6) is 0. The summed E-state index contributed by atoms with van der Waals surface area (Å²) in [6, 6.07) is 2.43. The van der Waals surface area contributed by atoms with Crippen LogP contribution in [-0.2, 0) is 18.2 Å². The average molecular weight is 239 g/mol. The van der Waals surface area contributed by atoms with Gasteiger partial charge in [-0.15, -0.1) is 0 Å². The summed E-state index contributed by atoms with van der Waals surface area (Å²) in [5, 5.41) is 7.69. The molecule has 0 fully saturated rings. The largest absolute Gasteiger partial charge is 0.377 e. The summed E-state index contributed by atoms with van der Waals surface area (Å²) in [7, 11) is 3.76. The van der Waals surface area contributed by atoms with Crippen molar-refractivity contribution in [1.29, 1.82) is 0 Å². The summed E-state index contributed by atoms with van der Waals surface area (Å²) in [6.45, 7) is 7.35. The molecule has 1 atom stereocenters. The first-order valence-electron chi connectivity index (χ1n) is 6.26. The maximum absolute atomic E-state index is 5.57. The molecular formula is C13H25N3O. The molecule has 1 aromatic heterocycles. The van der Waals surface area contributed by atoms with Crippen LogP contribution in [0.3, 0.4) is 0 Å². The van der Waals surface area contributed by atoms with Crippen LogP contribution in [0.4, 0.5) is 0 Å². The number of methoxy groups -OCH3 is 1. The summed E-state index contributed by atoms with van der Waals surface area (Å²) >= 11 is 0. The van der Waals surface area contributed by atoms with Crippen LogP contribution in [0.15, 0.2) is 12.3 Å². The van der Waals surface area contributed by atoms with Gasteiger partial charge in [-0.05, 0) is 39.3 Å². The van der Waals surface area contributed by atoms with Crippen molar-refractivity contribution in [3.63, 3.8) is 0 Å². The summed E-state index contributed by atoms with van der Waals surface area (Å²) in [4.78, 5) is 0. The maximum atomic E-state index is 5.57. The first-order valence-corrected chi connectivity index (χ1v) is 6.26. The summed E-state index contributed by atoms with van der Waals surface area (Å²) in [5.41, 5.74) is 1.12. The molecule has 4 nitrogen and oxygen atoms in total. The van der Waals surface area contributed by atoms with E-state index in [1.165, 1.54) is 5.69 Å². The number of likely N-dealkylation sites (N-methyl/N-ethyl adjacent to an activating group) is 1. The average Bonchev–Trinajstić information content (AvgIpc) is 2.70. The second-order valence-corrected chi connectivity index (χ2v) is 4.90. The number of nitrogens with zero attached hydrogens (tertiary/aromatic N) is 2. The number of hydrogen-bond acceptors (Lipinski definition) is 3. The molecule has 0 aliphatic heterocycles. The van der Waals surface area contributed by atoms with E-state index >= 15 is 0 Å². The molecule has 1 N–H and O–H groups in total. The molecular weight excluding hydrogens is 214 g/mol. The Morgan fingerprint density at radius 3 is 2.71 bits per heavy atom. The zero-order valence-electron chi connectivity index (χ0n) is 11.7. The monoisotopic (exact) mass is 239 g/mol. The van der Waals surface area contributed by atoms with E-state index in [9.17, 15) is 0 Å². The second-order valence-electron chi connectivity index (χ2n) is 4.90. The molecule has 1 heterocycles. The zero-order chi connectivity index (χ0) is 12.9. The third-order valence-corrected chi connectivity index (χ3v) is 3.43. The Bertz CT molecular complexity index is 333. The lowest BCUT2D eigenvalue weighted by molar-refractivity contribution is -0.0120. The van der Waals surface area contributed by atoms with Crippen LogP contribution in [0.2, 0.25) is 0 Å². The van der Waals surface area contributed by atoms with Gasteiger partial charge in [0.2, 0.25) is 0 Å². The molecule has 0 spiro atoms. The second kappa shape index (κ2) is 6.17. The smallest absolute Gasteiger partial charge is 0.0775 e. The summed E-state index contributed by atoms with van der Waals surface area (Å²) < 4.78 is 7.50. The molecule has 0 saturated heterocycles. The number of aromatic nitrogens is 2. The van der Waals surface area contributed by atoms with Gasteiger partial charge in [0.15, 0.2) is 0 Å². The van der Waals surface area contributed by atoms with Crippen molar-refractivity contribution in [2.45, 2.75) is 45.3 Å². The van der Waals surface area contributed by atoms with Gasteiger partial charge in [-0.3, -0.25) is 4.68 Å². The van der Waals surface area contributed by atoms with Gasteiger partial charge in [-0.25, -0.2) is 0 Å². The van der Waals surface area contributed by atoms with E-state index < -0.39 is 0 Å². The fourth-order valence-corrected chi connectivity index (χ4v) is 2.02. The highest BCUT2D eigenvalue weighted by molar-refractivity contribution is 5.01. The lowest BCUT2D eigenvalue weighted by atomic mass is 9.93. The zero-order valence-corrected chi connectivity index (χ0v) is 11.7. The summed E-state index contributed by atoms with van der Waals surface area (Å²) in [6.07, 6.45) is 3.91. The van der Waals surface area contributed by atoms with Crippen LogP contribution >= 0.6 is 0 Å². The van der Waals surface area contributed by atoms with E-state index in [-0.39, 0.29) is 5.60 Å². The van der Waals surface area contributed by atoms with Gasteiger partial charge < -0.3 is 10.1 Å². The number of ether oxygens (including phenoxy) is 1. The van der Waals surface area contributed by atoms with Gasteiger partial charge in [0.25, 0.3) is 0 Å². The van der Waals surface area contributed by atoms with E-state index in [2.05, 4.69) is 37.3 Å². The molecule has 1 unspecified atom stereocenters. The van der Waals surface area contributed by atoms with Crippen LogP contribution < -0.4 is 5.32 Å². The van der Waals surface area contributed by atoms with Crippen molar-refractivity contribution in [3.8, 4) is 0 Å². The fourth-order valence-electron chi connectivity index (χ4n) is 2.02. The minimum absolute atomic E-state index is 0.144. The van der Waals surface area contributed by atoms with Gasteiger partial charge in [0.1, 0.15) is 0 Å². The number of aryl methyl sites for hydroxylation is 2. The Kier molecular flexibility index (Phi) is 5.15. The van der Waals surface area contributed by atoms with E-state index in [1.54, 1.807) is 7.11 Å². The van der Waals surface area contributed by atoms with Gasteiger partial charge in [0.05, 0.1) is 5.60 Å². The van der Waals surface area contributed by atoms with Crippen molar-refractivity contribution in [1.82, 2.24) is 15.1 Å². The minimum Gasteiger partial charge on any atom is -0.377 e. The Morgan fingerprint density at radius 1 is 1.53 bits per heavy atom. The molecule has 0 aliphatic carbocycles. The third-order valence-electron chi connectivity index (χ3n) is 3.43. The first kappa shape index (κ1) is 14.2. The molecule has 17 heavy (non-hydrogen) atoms. The van der Waals surface area contributed by atoms with Crippen molar-refractivity contribution < 1.29 is 4.74 Å². The predicted molar refractivity (Wildman–Crippen MR) is 70.1 cm³/mol. The van der Waals surface area contributed by atoms with E-state index in [1.807, 2.05) is 17.9 Å². The Balaban J connectivity index is 2.59. The highest BCUT2D eigenvalue weighted by Gasteiger charge is 2.28. The quantitative estimate of drug-likeness (QED) is 0.788. The Hall–Kier alpha value is -0.870. The topological polar surface area (TPSA) is 39.1 Å². The molecule has 0 saturated carbocycles. The highest BCUT2D eigenvalue weighted by atomic mass is 16.5. The standard InChI is InChI=1S/C13H25N3O/c1-6-14-12(13(2,3)17-5)8-7-11-9-10-15-16(11)4/h9-10,12,14H,6-8H2,1-5H3. The number of rotatable bonds is 7. The Morgan fingerprint density at radius 2 is 2.24 bits per heavy atom. The molecule has 0 aliphatic rings. The van der Waals surface area contributed by atoms with Crippen molar-refractivity contribution >= 4 is 0 Å². The normalized spacial score (nSPS) is 13.9. The first-order chi connectivity index (χ1) is 8.01. The van der Waals surface area contributed by atoms with Crippen LogP contribution in [0.5, 0.6) is 0 Å². The predicted octanol–water partition coefficient (Wildman–Crippen LogP) is 1.76. The molecule has 0 amide bonds. The van der Waals surface area contributed by atoms with Crippen LogP contribution in [0.1, 0.15) is 32.9 Å².